The number of imidazole rings is 2. The van der Waals surface area contributed by atoms with Gasteiger partial charge in [-0.1, -0.05) is 24.3 Å². The minimum atomic E-state index is -0.316. The van der Waals surface area contributed by atoms with Gasteiger partial charge in [-0.15, -0.1) is 0 Å². The van der Waals surface area contributed by atoms with Crippen molar-refractivity contribution in [2.24, 2.45) is 0 Å². The molecule has 3 heterocycles. The highest BCUT2D eigenvalue weighted by Gasteiger charge is 2.16. The molecule has 0 saturated heterocycles. The number of aromatic nitrogens is 6. The fourth-order valence-corrected chi connectivity index (χ4v) is 3.22. The highest BCUT2D eigenvalue weighted by Crippen LogP contribution is 2.24. The van der Waals surface area contributed by atoms with Gasteiger partial charge in [-0.3, -0.25) is 4.57 Å². The number of nitrogen functional groups attached to an aromatic ring is 1. The predicted molar refractivity (Wildman–Crippen MR) is 99.9 cm³/mol. The molecule has 0 aliphatic rings. The Morgan fingerprint density at radius 3 is 2.63 bits per heavy atom. The zero-order valence-electron chi connectivity index (χ0n) is 14.1. The molecule has 2 aromatic carbocycles. The number of hydrogen-bond acceptors (Lipinski definition) is 5. The topological polar surface area (TPSA) is 87.4 Å². The van der Waals surface area contributed by atoms with Gasteiger partial charge < -0.3 is 10.3 Å². The Balaban J connectivity index is 1.72. The van der Waals surface area contributed by atoms with Crippen molar-refractivity contribution in [3.63, 3.8) is 0 Å². The summed E-state index contributed by atoms with van der Waals surface area (Å²) >= 11 is 0. The monoisotopic (exact) mass is 359 g/mol. The molecule has 7 nitrogen and oxygen atoms in total. The number of para-hydroxylation sites is 3. The van der Waals surface area contributed by atoms with Crippen LogP contribution >= 0.6 is 0 Å². The molecule has 0 fully saturated rings. The molecule has 0 aliphatic carbocycles. The lowest BCUT2D eigenvalue weighted by atomic mass is 10.2. The Bertz CT molecular complexity index is 1290. The van der Waals surface area contributed by atoms with Crippen molar-refractivity contribution in [3.8, 4) is 5.69 Å². The summed E-state index contributed by atoms with van der Waals surface area (Å²) in [6, 6.07) is 14.3. The quantitative estimate of drug-likeness (QED) is 0.535. The number of nitrogens with zero attached hydrogens (tertiary/aromatic N) is 6. The molecule has 0 aliphatic heterocycles. The average molecular weight is 359 g/mol. The summed E-state index contributed by atoms with van der Waals surface area (Å²) in [5.41, 5.74) is 9.02. The van der Waals surface area contributed by atoms with E-state index in [1.54, 1.807) is 30.7 Å². The van der Waals surface area contributed by atoms with E-state index in [0.717, 1.165) is 11.0 Å². The van der Waals surface area contributed by atoms with Gasteiger partial charge in [0, 0.05) is 0 Å². The molecular weight excluding hydrogens is 345 g/mol. The summed E-state index contributed by atoms with van der Waals surface area (Å²) < 4.78 is 18.2. The number of rotatable bonds is 3. The van der Waals surface area contributed by atoms with Crippen LogP contribution < -0.4 is 5.73 Å². The van der Waals surface area contributed by atoms with E-state index in [2.05, 4.69) is 15.0 Å². The van der Waals surface area contributed by atoms with Crippen LogP contribution in [0.1, 0.15) is 5.82 Å². The Hall–Kier alpha value is -3.81. The maximum atomic E-state index is 14.5. The lowest BCUT2D eigenvalue weighted by Crippen LogP contribution is -2.09. The van der Waals surface area contributed by atoms with E-state index >= 15 is 0 Å². The molecule has 2 N–H and O–H groups in total. The van der Waals surface area contributed by atoms with E-state index < -0.39 is 0 Å². The largest absolute Gasteiger partial charge is 0.368 e. The van der Waals surface area contributed by atoms with Crippen LogP contribution in [0.25, 0.3) is 27.9 Å². The number of fused-ring (bicyclic) bond motifs is 2. The van der Waals surface area contributed by atoms with Gasteiger partial charge in [-0.25, -0.2) is 19.3 Å². The Kier molecular flexibility index (Phi) is 3.36. The van der Waals surface area contributed by atoms with Crippen LogP contribution in [0.3, 0.4) is 0 Å². The standard InChI is InChI=1S/C19H14FN7/c20-12-5-1-3-7-15(12)27-16-8-4-2-6-13(16)24-17(27)10-26-11-23-14-9-22-19(21)25-18(14)26/h1-9,11H,10H2,(H2,21,22,25). The smallest absolute Gasteiger partial charge is 0.222 e. The zero-order valence-corrected chi connectivity index (χ0v) is 14.1. The summed E-state index contributed by atoms with van der Waals surface area (Å²) in [7, 11) is 0. The first kappa shape index (κ1) is 15.4. The normalized spacial score (nSPS) is 11.4. The molecule has 0 radical (unpaired) electrons. The number of halogens is 1. The predicted octanol–water partition coefficient (Wildman–Crippen LogP) is 2.93. The fraction of sp³-hybridized carbons (Fsp3) is 0.0526. The van der Waals surface area contributed by atoms with Crippen molar-refractivity contribution in [3.05, 3.63) is 72.7 Å². The van der Waals surface area contributed by atoms with Gasteiger partial charge >= 0.3 is 0 Å². The molecule has 5 rings (SSSR count). The van der Waals surface area contributed by atoms with E-state index in [1.807, 2.05) is 33.4 Å². The van der Waals surface area contributed by atoms with Crippen molar-refractivity contribution in [1.82, 2.24) is 29.1 Å². The number of nitrogens with two attached hydrogens (primary N) is 1. The van der Waals surface area contributed by atoms with Crippen molar-refractivity contribution < 1.29 is 4.39 Å². The maximum Gasteiger partial charge on any atom is 0.222 e. The van der Waals surface area contributed by atoms with Crippen LogP contribution in [0.15, 0.2) is 61.1 Å². The van der Waals surface area contributed by atoms with Crippen LogP contribution in [0.2, 0.25) is 0 Å². The summed E-state index contributed by atoms with van der Waals surface area (Å²) in [6.45, 7) is 0.357. The molecule has 0 saturated carbocycles. The van der Waals surface area contributed by atoms with Gasteiger partial charge in [0.05, 0.1) is 35.8 Å². The van der Waals surface area contributed by atoms with Crippen LogP contribution in [0.5, 0.6) is 0 Å². The zero-order chi connectivity index (χ0) is 18.4. The van der Waals surface area contributed by atoms with Crippen molar-refractivity contribution in [2.45, 2.75) is 6.54 Å². The van der Waals surface area contributed by atoms with E-state index in [9.17, 15) is 4.39 Å². The first-order valence-corrected chi connectivity index (χ1v) is 8.35. The highest BCUT2D eigenvalue weighted by molar-refractivity contribution is 5.78. The van der Waals surface area contributed by atoms with E-state index in [4.69, 9.17) is 10.7 Å². The second-order valence-electron chi connectivity index (χ2n) is 6.11. The van der Waals surface area contributed by atoms with Crippen LogP contribution in [0.4, 0.5) is 10.3 Å². The summed E-state index contributed by atoms with van der Waals surface area (Å²) in [5.74, 6) is 0.522. The molecule has 0 amide bonds. The molecule has 5 aromatic rings. The minimum absolute atomic E-state index is 0.173. The molecule has 8 heteroatoms. The molecular formula is C19H14FN7. The first-order chi connectivity index (χ1) is 13.2. The molecule has 0 unspecified atom stereocenters. The minimum Gasteiger partial charge on any atom is -0.368 e. The molecule has 27 heavy (non-hydrogen) atoms. The number of hydrogen-bond donors (Lipinski definition) is 1. The second kappa shape index (κ2) is 5.87. The van der Waals surface area contributed by atoms with E-state index in [-0.39, 0.29) is 11.8 Å². The van der Waals surface area contributed by atoms with E-state index in [0.29, 0.717) is 29.2 Å². The average Bonchev–Trinajstić information content (AvgIpc) is 3.23. The van der Waals surface area contributed by atoms with Crippen molar-refractivity contribution in [2.75, 3.05) is 5.73 Å². The van der Waals surface area contributed by atoms with Crippen LogP contribution in [-0.2, 0) is 6.54 Å². The Morgan fingerprint density at radius 1 is 0.926 bits per heavy atom. The van der Waals surface area contributed by atoms with Gasteiger partial charge in [-0.2, -0.15) is 4.98 Å². The lowest BCUT2D eigenvalue weighted by molar-refractivity contribution is 0.614. The third-order valence-corrected chi connectivity index (χ3v) is 4.41. The summed E-state index contributed by atoms with van der Waals surface area (Å²) in [6.07, 6.45) is 3.23. The molecule has 132 valence electrons. The SMILES string of the molecule is Nc1ncc2ncn(Cc3nc4ccccc4n3-c3ccccc3F)c2n1. The van der Waals surface area contributed by atoms with Crippen molar-refractivity contribution >= 4 is 28.1 Å². The van der Waals surface area contributed by atoms with E-state index in [1.165, 1.54) is 6.07 Å². The number of benzene rings is 2. The summed E-state index contributed by atoms with van der Waals surface area (Å²) in [4.78, 5) is 17.2. The first-order valence-electron chi connectivity index (χ1n) is 8.35. The van der Waals surface area contributed by atoms with Gasteiger partial charge in [0.2, 0.25) is 5.95 Å². The third kappa shape index (κ3) is 2.50. The van der Waals surface area contributed by atoms with Gasteiger partial charge in [0.25, 0.3) is 0 Å². The third-order valence-electron chi connectivity index (χ3n) is 4.41. The summed E-state index contributed by atoms with van der Waals surface area (Å²) in [5, 5.41) is 0. The molecule has 0 atom stereocenters. The second-order valence-corrected chi connectivity index (χ2v) is 6.11. The van der Waals surface area contributed by atoms with Crippen LogP contribution in [0, 0.1) is 5.82 Å². The lowest BCUT2D eigenvalue weighted by Gasteiger charge is -2.11. The maximum absolute atomic E-state index is 14.5. The van der Waals surface area contributed by atoms with Gasteiger partial charge in [-0.05, 0) is 24.3 Å². The Morgan fingerprint density at radius 2 is 1.74 bits per heavy atom. The van der Waals surface area contributed by atoms with Crippen molar-refractivity contribution in [1.29, 1.82) is 0 Å². The molecule has 0 bridgehead atoms. The fourth-order valence-electron chi connectivity index (χ4n) is 3.22. The molecule has 3 aromatic heterocycles. The molecule has 0 spiro atoms. The van der Waals surface area contributed by atoms with Crippen LogP contribution in [-0.4, -0.2) is 29.1 Å². The Labute approximate surface area is 152 Å². The van der Waals surface area contributed by atoms with Gasteiger partial charge in [0.1, 0.15) is 17.2 Å². The number of anilines is 1. The van der Waals surface area contributed by atoms with Gasteiger partial charge in [0.15, 0.2) is 5.65 Å². The highest BCUT2D eigenvalue weighted by atomic mass is 19.1.